The first kappa shape index (κ1) is 11.2. The number of rotatable bonds is 2. The number of aromatic nitrogens is 1. The van der Waals surface area contributed by atoms with Crippen LogP contribution < -0.4 is 0 Å². The van der Waals surface area contributed by atoms with Gasteiger partial charge in [0.15, 0.2) is 5.78 Å². The van der Waals surface area contributed by atoms with Gasteiger partial charge in [-0.1, -0.05) is 37.1 Å². The summed E-state index contributed by atoms with van der Waals surface area (Å²) < 4.78 is 0. The van der Waals surface area contributed by atoms with Gasteiger partial charge in [0.2, 0.25) is 0 Å². The molecule has 1 aromatic carbocycles. The van der Waals surface area contributed by atoms with E-state index in [-0.39, 0.29) is 5.92 Å². The number of pyridine rings is 1. The van der Waals surface area contributed by atoms with Crippen molar-refractivity contribution in [1.29, 1.82) is 0 Å². The number of fused-ring (bicyclic) bond motifs is 2. The fourth-order valence-corrected chi connectivity index (χ4v) is 3.87. The highest BCUT2D eigenvalue weighted by Gasteiger charge is 2.54. The summed E-state index contributed by atoms with van der Waals surface area (Å²) in [4.78, 5) is 17.0. The first-order chi connectivity index (χ1) is 9.36. The highest BCUT2D eigenvalue weighted by atomic mass is 16.1. The van der Waals surface area contributed by atoms with Crippen molar-refractivity contribution in [2.24, 2.45) is 17.8 Å². The molecule has 19 heavy (non-hydrogen) atoms. The molecule has 2 fully saturated rings. The third-order valence-electron chi connectivity index (χ3n) is 4.89. The normalized spacial score (nSPS) is 28.9. The molecule has 2 atom stereocenters. The Morgan fingerprint density at radius 2 is 1.79 bits per heavy atom. The molecule has 4 rings (SSSR count). The summed E-state index contributed by atoms with van der Waals surface area (Å²) in [6, 6.07) is 8.06. The van der Waals surface area contributed by atoms with Crippen LogP contribution in [0.1, 0.15) is 36.0 Å². The van der Waals surface area contributed by atoms with E-state index in [9.17, 15) is 4.79 Å². The molecule has 1 aromatic heterocycles. The average molecular weight is 251 g/mol. The molecule has 0 amide bonds. The van der Waals surface area contributed by atoms with E-state index in [0.29, 0.717) is 17.6 Å². The minimum atomic E-state index is 0.287. The van der Waals surface area contributed by atoms with Gasteiger partial charge >= 0.3 is 0 Å². The zero-order valence-electron chi connectivity index (χ0n) is 10.9. The van der Waals surface area contributed by atoms with Gasteiger partial charge in [0.1, 0.15) is 0 Å². The minimum absolute atomic E-state index is 0.287. The van der Waals surface area contributed by atoms with E-state index in [1.54, 1.807) is 6.20 Å². The molecule has 2 aromatic rings. The van der Waals surface area contributed by atoms with Crippen molar-refractivity contribution in [1.82, 2.24) is 4.98 Å². The summed E-state index contributed by atoms with van der Waals surface area (Å²) >= 11 is 0. The highest BCUT2D eigenvalue weighted by Crippen LogP contribution is 2.56. The van der Waals surface area contributed by atoms with E-state index in [2.05, 4.69) is 4.98 Å². The average Bonchev–Trinajstić information content (AvgIpc) is 3.20. The third-order valence-corrected chi connectivity index (χ3v) is 4.89. The largest absolute Gasteiger partial charge is 0.294 e. The second-order valence-electron chi connectivity index (χ2n) is 5.91. The monoisotopic (exact) mass is 251 g/mol. The molecule has 0 aliphatic heterocycles. The van der Waals surface area contributed by atoms with E-state index >= 15 is 0 Å². The lowest BCUT2D eigenvalue weighted by atomic mass is 10.0. The number of benzene rings is 1. The van der Waals surface area contributed by atoms with Crippen LogP contribution in [0.2, 0.25) is 0 Å². The van der Waals surface area contributed by atoms with Gasteiger partial charge < -0.3 is 0 Å². The zero-order chi connectivity index (χ0) is 12.8. The molecule has 96 valence electrons. The molecule has 1 heterocycles. The van der Waals surface area contributed by atoms with Gasteiger partial charge in [-0.2, -0.15) is 0 Å². The van der Waals surface area contributed by atoms with Crippen LogP contribution in [-0.4, -0.2) is 10.8 Å². The van der Waals surface area contributed by atoms with Gasteiger partial charge in [0.25, 0.3) is 0 Å². The second-order valence-corrected chi connectivity index (χ2v) is 5.91. The molecule has 2 nitrogen and oxygen atoms in total. The molecular formula is C17H17NO. The maximum absolute atomic E-state index is 12.7. The Bertz CT molecular complexity index is 631. The number of carbonyl (C=O) groups excluding carboxylic acids is 1. The first-order valence-electron chi connectivity index (χ1n) is 7.23. The summed E-state index contributed by atoms with van der Waals surface area (Å²) in [5.41, 5.74) is 0.831. The number of carbonyl (C=O) groups is 1. The Hall–Kier alpha value is -1.70. The first-order valence-corrected chi connectivity index (χ1v) is 7.23. The Kier molecular flexibility index (Phi) is 2.44. The summed E-state index contributed by atoms with van der Waals surface area (Å²) in [5, 5.41) is 2.13. The Labute approximate surface area is 112 Å². The van der Waals surface area contributed by atoms with Crippen molar-refractivity contribution in [2.75, 3.05) is 0 Å². The topological polar surface area (TPSA) is 30.0 Å². The second kappa shape index (κ2) is 4.16. The van der Waals surface area contributed by atoms with Crippen molar-refractivity contribution in [2.45, 2.75) is 25.7 Å². The molecule has 0 N–H and O–H groups in total. The van der Waals surface area contributed by atoms with Gasteiger partial charge in [-0.05, 0) is 30.1 Å². The fraction of sp³-hybridized carbons (Fsp3) is 0.412. The molecule has 2 unspecified atom stereocenters. The summed E-state index contributed by atoms with van der Waals surface area (Å²) in [7, 11) is 0. The molecule has 2 heteroatoms. The van der Waals surface area contributed by atoms with Gasteiger partial charge in [-0.25, -0.2) is 0 Å². The predicted molar refractivity (Wildman–Crippen MR) is 75.0 cm³/mol. The summed E-state index contributed by atoms with van der Waals surface area (Å²) in [6.45, 7) is 0. The lowest BCUT2D eigenvalue weighted by Gasteiger charge is -2.04. The molecular weight excluding hydrogens is 234 g/mol. The van der Waals surface area contributed by atoms with Crippen LogP contribution >= 0.6 is 0 Å². The molecule has 2 aliphatic rings. The van der Waals surface area contributed by atoms with E-state index in [0.717, 1.165) is 16.3 Å². The van der Waals surface area contributed by atoms with Crippen LogP contribution in [0, 0.1) is 17.8 Å². The zero-order valence-corrected chi connectivity index (χ0v) is 10.9. The van der Waals surface area contributed by atoms with E-state index in [1.807, 2.05) is 30.5 Å². The van der Waals surface area contributed by atoms with E-state index in [4.69, 9.17) is 0 Å². The van der Waals surface area contributed by atoms with Crippen molar-refractivity contribution in [3.63, 3.8) is 0 Å². The van der Waals surface area contributed by atoms with E-state index < -0.39 is 0 Å². The number of hydrogen-bond donors (Lipinski definition) is 0. The standard InChI is InChI=1S/C17H17NO/c19-17(16-13-7-3-4-8-14(13)16)15-10-18-9-11-5-1-2-6-12(11)15/h1-2,5-6,9-10,13-14,16H,3-4,7-8H2. The third kappa shape index (κ3) is 1.70. The fourth-order valence-electron chi connectivity index (χ4n) is 3.87. The van der Waals surface area contributed by atoms with Crippen LogP contribution in [0.15, 0.2) is 36.7 Å². The van der Waals surface area contributed by atoms with Crippen LogP contribution in [0.25, 0.3) is 10.8 Å². The Morgan fingerprint density at radius 3 is 2.58 bits per heavy atom. The summed E-state index contributed by atoms with van der Waals surface area (Å²) in [5.74, 6) is 1.96. The van der Waals surface area contributed by atoms with Gasteiger partial charge in [-0.3, -0.25) is 9.78 Å². The van der Waals surface area contributed by atoms with Gasteiger partial charge in [0.05, 0.1) is 0 Å². The molecule has 0 spiro atoms. The van der Waals surface area contributed by atoms with Crippen molar-refractivity contribution < 1.29 is 4.79 Å². The van der Waals surface area contributed by atoms with E-state index in [1.165, 1.54) is 25.7 Å². The SMILES string of the molecule is O=C(c1cncc2ccccc12)C1C2CCCCC21. The number of Topliss-reactive ketones (excluding diaryl/α,β-unsaturated/α-hetero) is 1. The minimum Gasteiger partial charge on any atom is -0.294 e. The van der Waals surface area contributed by atoms with Crippen LogP contribution in [0.5, 0.6) is 0 Å². The Morgan fingerprint density at radius 1 is 1.05 bits per heavy atom. The maximum atomic E-state index is 12.7. The molecule has 0 saturated heterocycles. The lowest BCUT2D eigenvalue weighted by Crippen LogP contribution is -2.05. The summed E-state index contributed by atoms with van der Waals surface area (Å²) in [6.07, 6.45) is 8.71. The van der Waals surface area contributed by atoms with Crippen LogP contribution in [0.3, 0.4) is 0 Å². The molecule has 2 aliphatic carbocycles. The quantitative estimate of drug-likeness (QED) is 0.759. The van der Waals surface area contributed by atoms with Gasteiger partial charge in [0, 0.05) is 29.3 Å². The predicted octanol–water partition coefficient (Wildman–Crippen LogP) is 3.85. The molecule has 0 bridgehead atoms. The maximum Gasteiger partial charge on any atom is 0.168 e. The number of hydrogen-bond acceptors (Lipinski definition) is 2. The van der Waals surface area contributed by atoms with Crippen molar-refractivity contribution in [3.05, 3.63) is 42.2 Å². The van der Waals surface area contributed by atoms with Crippen LogP contribution in [-0.2, 0) is 0 Å². The lowest BCUT2D eigenvalue weighted by molar-refractivity contribution is 0.0957. The molecule has 0 radical (unpaired) electrons. The highest BCUT2D eigenvalue weighted by molar-refractivity contribution is 6.09. The van der Waals surface area contributed by atoms with Crippen molar-refractivity contribution in [3.8, 4) is 0 Å². The molecule has 2 saturated carbocycles. The number of ketones is 1. The smallest absolute Gasteiger partial charge is 0.168 e. The van der Waals surface area contributed by atoms with Gasteiger partial charge in [-0.15, -0.1) is 0 Å². The Balaban J connectivity index is 1.73. The number of nitrogens with zero attached hydrogens (tertiary/aromatic N) is 1. The van der Waals surface area contributed by atoms with Crippen molar-refractivity contribution >= 4 is 16.6 Å². The van der Waals surface area contributed by atoms with Crippen LogP contribution in [0.4, 0.5) is 0 Å².